The molecule has 0 aromatic heterocycles. The van der Waals surface area contributed by atoms with Gasteiger partial charge in [0.2, 0.25) is 23.6 Å². The van der Waals surface area contributed by atoms with E-state index in [9.17, 15) is 29.1 Å². The molecule has 0 bridgehead atoms. The minimum atomic E-state index is -1.43. The van der Waals surface area contributed by atoms with Gasteiger partial charge in [0.05, 0.1) is 12.5 Å². The molecule has 12 N–H and O–H groups in total. The number of guanidine groups is 1. The third kappa shape index (κ3) is 13.2. The Morgan fingerprint density at radius 2 is 1.40 bits per heavy atom. The van der Waals surface area contributed by atoms with Crippen molar-refractivity contribution in [2.24, 2.45) is 39.8 Å². The van der Waals surface area contributed by atoms with E-state index in [4.69, 9.17) is 22.9 Å². The molecule has 0 aliphatic carbocycles. The summed E-state index contributed by atoms with van der Waals surface area (Å²) in [5.41, 5.74) is 21.6. The van der Waals surface area contributed by atoms with Gasteiger partial charge in [0, 0.05) is 6.54 Å². The van der Waals surface area contributed by atoms with Crippen molar-refractivity contribution in [1.29, 1.82) is 0 Å². The van der Waals surface area contributed by atoms with E-state index in [1.165, 1.54) is 0 Å². The minimum absolute atomic E-state index is 0.0233. The summed E-state index contributed by atoms with van der Waals surface area (Å²) in [7, 11) is 0. The van der Waals surface area contributed by atoms with E-state index < -0.39 is 66.1 Å². The zero-order valence-corrected chi connectivity index (χ0v) is 20.7. The lowest BCUT2D eigenvalue weighted by Gasteiger charge is -2.26. The topological polar surface area (TPSA) is 258 Å². The summed E-state index contributed by atoms with van der Waals surface area (Å²) in [6.45, 7) is 7.13. The number of nitrogens with two attached hydrogens (primary N) is 4. The first-order chi connectivity index (χ1) is 16.1. The van der Waals surface area contributed by atoms with E-state index >= 15 is 0 Å². The van der Waals surface area contributed by atoms with Gasteiger partial charge in [-0.3, -0.25) is 24.2 Å². The van der Waals surface area contributed by atoms with Gasteiger partial charge in [0.25, 0.3) is 0 Å². The molecule has 0 saturated heterocycles. The van der Waals surface area contributed by atoms with Crippen LogP contribution in [0.25, 0.3) is 0 Å². The highest BCUT2D eigenvalue weighted by molar-refractivity contribution is 5.96. The van der Waals surface area contributed by atoms with Crippen molar-refractivity contribution < 1.29 is 29.1 Å². The molecule has 0 heterocycles. The fourth-order valence-electron chi connectivity index (χ4n) is 3.08. The Kier molecular flexibility index (Phi) is 14.0. The average Bonchev–Trinajstić information content (AvgIpc) is 2.72. The van der Waals surface area contributed by atoms with E-state index in [0.29, 0.717) is 6.42 Å². The molecule has 14 heteroatoms. The Balaban J connectivity index is 5.41. The first-order valence-electron chi connectivity index (χ1n) is 11.4. The molecular weight excluding hydrogens is 460 g/mol. The van der Waals surface area contributed by atoms with Crippen LogP contribution < -0.4 is 38.9 Å². The summed E-state index contributed by atoms with van der Waals surface area (Å²) in [5.74, 6) is -4.91. The molecule has 0 aliphatic heterocycles. The van der Waals surface area contributed by atoms with Gasteiger partial charge in [0.15, 0.2) is 5.96 Å². The highest BCUT2D eigenvalue weighted by Gasteiger charge is 2.32. The molecule has 0 rings (SSSR count). The molecule has 0 spiro atoms. The average molecular weight is 501 g/mol. The monoisotopic (exact) mass is 500 g/mol. The molecular formula is C21H40N8O6. The van der Waals surface area contributed by atoms with E-state index in [2.05, 4.69) is 20.9 Å². The molecule has 0 fully saturated rings. The van der Waals surface area contributed by atoms with Crippen LogP contribution in [0.4, 0.5) is 0 Å². The first kappa shape index (κ1) is 31.6. The summed E-state index contributed by atoms with van der Waals surface area (Å²) in [6, 6.07) is -4.66. The summed E-state index contributed by atoms with van der Waals surface area (Å²) >= 11 is 0. The van der Waals surface area contributed by atoms with E-state index in [-0.39, 0.29) is 31.3 Å². The second kappa shape index (κ2) is 15.5. The SMILES string of the molecule is CC(C)CC(NC(=O)C(N)CCCN=C(N)N)C(=O)NC(CC(N)=O)C(=O)NC(C(=O)O)C(C)C. The molecule has 35 heavy (non-hydrogen) atoms. The van der Waals surface area contributed by atoms with Gasteiger partial charge in [-0.05, 0) is 31.1 Å². The third-order valence-electron chi connectivity index (χ3n) is 4.91. The minimum Gasteiger partial charge on any atom is -0.480 e. The normalized spacial score (nSPS) is 14.4. The smallest absolute Gasteiger partial charge is 0.326 e. The number of carboxylic acids is 1. The van der Waals surface area contributed by atoms with Crippen LogP contribution in [0.5, 0.6) is 0 Å². The molecule has 200 valence electrons. The number of carbonyl (C=O) groups excluding carboxylic acids is 4. The largest absolute Gasteiger partial charge is 0.480 e. The summed E-state index contributed by atoms with van der Waals surface area (Å²) in [5, 5.41) is 16.6. The maximum Gasteiger partial charge on any atom is 0.326 e. The number of amides is 4. The lowest BCUT2D eigenvalue weighted by atomic mass is 10.0. The second-order valence-electron chi connectivity index (χ2n) is 9.05. The fourth-order valence-corrected chi connectivity index (χ4v) is 3.08. The van der Waals surface area contributed by atoms with Gasteiger partial charge in [-0.25, -0.2) is 4.79 Å². The Hall–Kier alpha value is -3.42. The predicted molar refractivity (Wildman–Crippen MR) is 129 cm³/mol. The van der Waals surface area contributed by atoms with Crippen LogP contribution in [-0.4, -0.2) is 71.4 Å². The highest BCUT2D eigenvalue weighted by Crippen LogP contribution is 2.08. The fraction of sp³-hybridized carbons (Fsp3) is 0.714. The van der Waals surface area contributed by atoms with Crippen molar-refractivity contribution in [1.82, 2.24) is 16.0 Å². The number of carbonyl (C=O) groups is 5. The summed E-state index contributed by atoms with van der Waals surface area (Å²) in [6.07, 6.45) is 0.355. The van der Waals surface area contributed by atoms with Gasteiger partial charge in [0.1, 0.15) is 18.1 Å². The number of aliphatic imine (C=N–C) groups is 1. The zero-order chi connectivity index (χ0) is 27.3. The number of aliphatic carboxylic acids is 1. The maximum atomic E-state index is 13.0. The Morgan fingerprint density at radius 3 is 1.86 bits per heavy atom. The van der Waals surface area contributed by atoms with Crippen LogP contribution in [0.15, 0.2) is 4.99 Å². The molecule has 0 aliphatic rings. The van der Waals surface area contributed by atoms with Crippen molar-refractivity contribution in [2.75, 3.05) is 6.54 Å². The number of primary amides is 1. The van der Waals surface area contributed by atoms with Crippen molar-refractivity contribution in [3.05, 3.63) is 0 Å². The van der Waals surface area contributed by atoms with Crippen LogP contribution in [0, 0.1) is 11.8 Å². The summed E-state index contributed by atoms with van der Waals surface area (Å²) in [4.78, 5) is 64.9. The lowest BCUT2D eigenvalue weighted by Crippen LogP contribution is -2.58. The molecule has 0 saturated carbocycles. The number of nitrogens with zero attached hydrogens (tertiary/aromatic N) is 1. The van der Waals surface area contributed by atoms with Crippen LogP contribution in [0.2, 0.25) is 0 Å². The van der Waals surface area contributed by atoms with Crippen molar-refractivity contribution in [3.8, 4) is 0 Å². The Bertz CT molecular complexity index is 782. The Morgan fingerprint density at radius 1 is 0.857 bits per heavy atom. The predicted octanol–water partition coefficient (Wildman–Crippen LogP) is -2.52. The number of hydrogen-bond acceptors (Lipinski definition) is 7. The molecule has 0 radical (unpaired) electrons. The quantitative estimate of drug-likeness (QED) is 0.0631. The molecule has 4 atom stereocenters. The van der Waals surface area contributed by atoms with Gasteiger partial charge in [-0.15, -0.1) is 0 Å². The van der Waals surface area contributed by atoms with Crippen molar-refractivity contribution in [3.63, 3.8) is 0 Å². The molecule has 4 amide bonds. The van der Waals surface area contributed by atoms with Gasteiger partial charge in [-0.2, -0.15) is 0 Å². The first-order valence-corrected chi connectivity index (χ1v) is 11.4. The highest BCUT2D eigenvalue weighted by atomic mass is 16.4. The van der Waals surface area contributed by atoms with E-state index in [1.54, 1.807) is 13.8 Å². The van der Waals surface area contributed by atoms with Crippen molar-refractivity contribution >= 4 is 35.6 Å². The van der Waals surface area contributed by atoms with Gasteiger partial charge >= 0.3 is 5.97 Å². The maximum absolute atomic E-state index is 13.0. The molecule has 0 aromatic carbocycles. The molecule has 4 unspecified atom stereocenters. The van der Waals surface area contributed by atoms with Crippen LogP contribution in [-0.2, 0) is 24.0 Å². The van der Waals surface area contributed by atoms with Crippen molar-refractivity contribution in [2.45, 2.75) is 77.5 Å². The van der Waals surface area contributed by atoms with Crippen LogP contribution >= 0.6 is 0 Å². The summed E-state index contributed by atoms with van der Waals surface area (Å²) < 4.78 is 0. The Labute approximate surface area is 205 Å². The van der Waals surface area contributed by atoms with Crippen LogP contribution in [0.3, 0.4) is 0 Å². The van der Waals surface area contributed by atoms with E-state index in [0.717, 1.165) is 0 Å². The van der Waals surface area contributed by atoms with E-state index in [1.807, 2.05) is 13.8 Å². The molecule has 14 nitrogen and oxygen atoms in total. The zero-order valence-electron chi connectivity index (χ0n) is 20.7. The van der Waals surface area contributed by atoms with Crippen LogP contribution in [0.1, 0.15) is 53.4 Å². The molecule has 0 aromatic rings. The third-order valence-corrected chi connectivity index (χ3v) is 4.91. The number of nitrogens with one attached hydrogen (secondary N) is 3. The number of rotatable bonds is 16. The van der Waals surface area contributed by atoms with Gasteiger partial charge < -0.3 is 44.0 Å². The van der Waals surface area contributed by atoms with Gasteiger partial charge in [-0.1, -0.05) is 27.7 Å². The second-order valence-corrected chi connectivity index (χ2v) is 9.05. The number of carboxylic acid groups (broad SMARTS) is 1. The number of hydrogen-bond donors (Lipinski definition) is 8. The standard InChI is InChI=1S/C21H40N8O6/c1-10(2)8-13(27-17(31)12(22)6-5-7-26-21(24)25)18(32)28-14(9-15(23)30)19(33)29-16(11(3)4)20(34)35/h10-14,16H,5-9,22H2,1-4H3,(H2,23,30)(H,27,31)(H,28,32)(H,29,33)(H,34,35)(H4,24,25,26). The lowest BCUT2D eigenvalue weighted by molar-refractivity contribution is -0.143.